The number of halogens is 1. The quantitative estimate of drug-likeness (QED) is 0.672. The Hall–Kier alpha value is -3.14. The van der Waals surface area contributed by atoms with Crippen molar-refractivity contribution in [1.29, 1.82) is 0 Å². The molecule has 114 valence electrons. The van der Waals surface area contributed by atoms with Gasteiger partial charge < -0.3 is 9.84 Å². The zero-order valence-corrected chi connectivity index (χ0v) is 12.4. The van der Waals surface area contributed by atoms with Crippen LogP contribution in [0.3, 0.4) is 0 Å². The van der Waals surface area contributed by atoms with Crippen LogP contribution in [-0.2, 0) is 0 Å². The third-order valence-electron chi connectivity index (χ3n) is 4.14. The van der Waals surface area contributed by atoms with Crippen LogP contribution in [0, 0.1) is 19.3 Å². The number of allylic oxidation sites excluding steroid dienone is 2. The van der Waals surface area contributed by atoms with E-state index in [2.05, 4.69) is 25.5 Å². The van der Waals surface area contributed by atoms with Crippen molar-refractivity contribution in [2.45, 2.75) is 19.8 Å². The lowest BCUT2D eigenvalue weighted by molar-refractivity contribution is 0.428. The molecule has 0 amide bonds. The zero-order chi connectivity index (χ0) is 16.1. The van der Waals surface area contributed by atoms with Gasteiger partial charge in [-0.3, -0.25) is 5.10 Å². The molecule has 0 aliphatic carbocycles. The molecule has 0 radical (unpaired) electrons. The van der Waals surface area contributed by atoms with Crippen LogP contribution < -0.4 is 5.32 Å². The molecule has 7 heteroatoms. The molecule has 0 saturated heterocycles. The van der Waals surface area contributed by atoms with Crippen molar-refractivity contribution in [3.8, 4) is 0 Å². The Morgan fingerprint density at radius 2 is 2.17 bits per heavy atom. The van der Waals surface area contributed by atoms with E-state index in [1.54, 1.807) is 26.1 Å². The number of aryl methyl sites for hydroxylation is 1. The Morgan fingerprint density at radius 3 is 2.96 bits per heavy atom. The van der Waals surface area contributed by atoms with E-state index in [-0.39, 0.29) is 0 Å². The molecule has 4 rings (SSSR count). The van der Waals surface area contributed by atoms with E-state index >= 15 is 0 Å². The molecule has 0 bridgehead atoms. The minimum absolute atomic E-state index is 0.394. The Balaban J connectivity index is 2.02. The van der Waals surface area contributed by atoms with Gasteiger partial charge in [0.2, 0.25) is 5.88 Å². The number of fused-ring (bicyclic) bond motifs is 2. The Bertz CT molecular complexity index is 1010. The molecule has 6 nitrogen and oxygen atoms in total. The first-order valence-electron chi connectivity index (χ1n) is 7.04. The van der Waals surface area contributed by atoms with Gasteiger partial charge in [-0.05, 0) is 31.5 Å². The second kappa shape index (κ2) is 4.68. The molecule has 1 aromatic carbocycles. The molecule has 0 fully saturated rings. The summed E-state index contributed by atoms with van der Waals surface area (Å²) >= 11 is 0. The summed E-state index contributed by atoms with van der Waals surface area (Å²) in [5, 5.41) is 14.4. The highest BCUT2D eigenvalue weighted by Crippen LogP contribution is 2.45. The molecule has 0 saturated carbocycles. The monoisotopic (exact) mass is 309 g/mol. The minimum Gasteiger partial charge on any atom is -0.338 e. The molecule has 23 heavy (non-hydrogen) atoms. The molecule has 0 spiro atoms. The molecule has 1 aliphatic rings. The average molecular weight is 309 g/mol. The summed E-state index contributed by atoms with van der Waals surface area (Å²) in [6.07, 6.45) is 1.63. The van der Waals surface area contributed by atoms with Crippen LogP contribution in [0.4, 0.5) is 10.3 Å². The lowest BCUT2D eigenvalue weighted by Gasteiger charge is -2.24. The van der Waals surface area contributed by atoms with Gasteiger partial charge in [-0.25, -0.2) is 9.24 Å². The fourth-order valence-corrected chi connectivity index (χ4v) is 3.05. The van der Waals surface area contributed by atoms with Gasteiger partial charge in [-0.1, -0.05) is 5.16 Å². The van der Waals surface area contributed by atoms with E-state index in [1.807, 2.05) is 0 Å². The van der Waals surface area contributed by atoms with E-state index in [0.29, 0.717) is 39.6 Å². The summed E-state index contributed by atoms with van der Waals surface area (Å²) in [5.74, 6) is -0.479. The Morgan fingerprint density at radius 1 is 1.35 bits per heavy atom. The summed E-state index contributed by atoms with van der Waals surface area (Å²) < 4.78 is 20.0. The first-order valence-corrected chi connectivity index (χ1v) is 7.04. The van der Waals surface area contributed by atoms with E-state index in [4.69, 9.17) is 11.1 Å². The predicted octanol–water partition coefficient (Wildman–Crippen LogP) is 3.71. The first kappa shape index (κ1) is 13.5. The maximum Gasteiger partial charge on any atom is 0.230 e. The van der Waals surface area contributed by atoms with Gasteiger partial charge in [-0.2, -0.15) is 5.10 Å². The van der Waals surface area contributed by atoms with Crippen LogP contribution in [0.1, 0.15) is 29.7 Å². The van der Waals surface area contributed by atoms with Gasteiger partial charge in [0, 0.05) is 16.6 Å². The molecule has 1 atom stereocenters. The molecule has 3 heterocycles. The van der Waals surface area contributed by atoms with Crippen LogP contribution in [-0.4, -0.2) is 15.4 Å². The largest absolute Gasteiger partial charge is 0.338 e. The van der Waals surface area contributed by atoms with Gasteiger partial charge >= 0.3 is 0 Å². The highest BCUT2D eigenvalue weighted by Gasteiger charge is 2.35. The molecule has 1 unspecified atom stereocenters. The third-order valence-corrected chi connectivity index (χ3v) is 4.14. The van der Waals surface area contributed by atoms with E-state index < -0.39 is 11.7 Å². The van der Waals surface area contributed by atoms with Crippen molar-refractivity contribution in [3.05, 3.63) is 63.8 Å². The van der Waals surface area contributed by atoms with Crippen molar-refractivity contribution in [2.75, 3.05) is 5.32 Å². The van der Waals surface area contributed by atoms with Gasteiger partial charge in [0.05, 0.1) is 29.9 Å². The normalized spacial score (nSPS) is 17.0. The summed E-state index contributed by atoms with van der Waals surface area (Å²) in [6.45, 7) is 11.1. The fraction of sp³-hybridized carbons (Fsp3) is 0.188. The zero-order valence-electron chi connectivity index (χ0n) is 12.4. The Kier molecular flexibility index (Phi) is 2.75. The van der Waals surface area contributed by atoms with Crippen molar-refractivity contribution >= 4 is 16.8 Å². The number of nitrogens with zero attached hydrogens (tertiary/aromatic N) is 3. The average Bonchev–Trinajstić information content (AvgIpc) is 3.11. The van der Waals surface area contributed by atoms with Crippen molar-refractivity contribution in [2.24, 2.45) is 0 Å². The number of rotatable bonds is 1. The summed E-state index contributed by atoms with van der Waals surface area (Å²) in [4.78, 5) is 3.62. The number of benzene rings is 1. The van der Waals surface area contributed by atoms with Crippen LogP contribution in [0.5, 0.6) is 0 Å². The van der Waals surface area contributed by atoms with E-state index in [1.165, 1.54) is 6.07 Å². The standard InChI is InChI=1S/C16H12FN5O/c1-7-13-14(15(18-3)8(2)20-16(13)23-22-7)10-4-9-6-19-21-12(9)5-11(10)17/h4-6,14,20H,1-2H3,(H,19,21). The van der Waals surface area contributed by atoms with Crippen LogP contribution in [0.25, 0.3) is 15.7 Å². The summed E-state index contributed by atoms with van der Waals surface area (Å²) in [7, 11) is 0. The maximum absolute atomic E-state index is 14.7. The SMILES string of the molecule is [C-]#[N+]C1=C(C)Nc2onc(C)c2C1c1cc2cn[nH]c2cc1F. The van der Waals surface area contributed by atoms with Gasteiger partial charge in [0.25, 0.3) is 0 Å². The van der Waals surface area contributed by atoms with Crippen LogP contribution >= 0.6 is 0 Å². The molecule has 2 aromatic heterocycles. The number of aromatic amines is 1. The van der Waals surface area contributed by atoms with Crippen molar-refractivity contribution in [3.63, 3.8) is 0 Å². The van der Waals surface area contributed by atoms with Crippen LogP contribution in [0.15, 0.2) is 34.2 Å². The fourth-order valence-electron chi connectivity index (χ4n) is 3.05. The minimum atomic E-state index is -0.547. The first-order chi connectivity index (χ1) is 11.1. The molecule has 3 aromatic rings. The lowest BCUT2D eigenvalue weighted by Crippen LogP contribution is -2.16. The topological polar surface area (TPSA) is 71.1 Å². The maximum atomic E-state index is 14.7. The lowest BCUT2D eigenvalue weighted by atomic mass is 9.85. The van der Waals surface area contributed by atoms with Crippen molar-refractivity contribution in [1.82, 2.24) is 15.4 Å². The van der Waals surface area contributed by atoms with Gasteiger partial charge in [-0.15, -0.1) is 0 Å². The second-order valence-corrected chi connectivity index (χ2v) is 5.52. The second-order valence-electron chi connectivity index (χ2n) is 5.52. The van der Waals surface area contributed by atoms with E-state index in [9.17, 15) is 4.39 Å². The van der Waals surface area contributed by atoms with Gasteiger partial charge in [0.15, 0.2) is 5.70 Å². The highest BCUT2D eigenvalue weighted by atomic mass is 19.1. The number of H-pyrrole nitrogens is 1. The molecular formula is C16H12FN5O. The van der Waals surface area contributed by atoms with E-state index in [0.717, 1.165) is 5.39 Å². The highest BCUT2D eigenvalue weighted by molar-refractivity contribution is 5.80. The third kappa shape index (κ3) is 1.85. The smallest absolute Gasteiger partial charge is 0.230 e. The predicted molar refractivity (Wildman–Crippen MR) is 82.1 cm³/mol. The number of nitrogens with one attached hydrogen (secondary N) is 2. The number of hydrogen-bond donors (Lipinski definition) is 2. The number of aromatic nitrogens is 3. The summed E-state index contributed by atoms with van der Waals surface area (Å²) in [5.41, 5.74) is 3.44. The Labute approximate surface area is 130 Å². The molecular weight excluding hydrogens is 297 g/mol. The summed E-state index contributed by atoms with van der Waals surface area (Å²) in [6, 6.07) is 3.12. The van der Waals surface area contributed by atoms with Crippen molar-refractivity contribution < 1.29 is 8.91 Å². The van der Waals surface area contributed by atoms with Crippen LogP contribution in [0.2, 0.25) is 0 Å². The number of anilines is 1. The molecule has 1 aliphatic heterocycles. The molecule has 2 N–H and O–H groups in total. The number of hydrogen-bond acceptors (Lipinski definition) is 4. The van der Waals surface area contributed by atoms with Gasteiger partial charge in [0.1, 0.15) is 5.82 Å².